The van der Waals surface area contributed by atoms with E-state index in [-0.39, 0.29) is 0 Å². The smallest absolute Gasteiger partial charge is 0.387 e. The summed E-state index contributed by atoms with van der Waals surface area (Å²) >= 11 is 11.5. The van der Waals surface area contributed by atoms with Crippen LogP contribution in [0.1, 0.15) is 26.7 Å². The molecule has 0 amide bonds. The molecule has 2 nitrogen and oxygen atoms in total. The largest absolute Gasteiger partial charge is 0.394 e. The van der Waals surface area contributed by atoms with Crippen LogP contribution in [0.3, 0.4) is 0 Å². The zero-order valence-electron chi connectivity index (χ0n) is 7.98. The van der Waals surface area contributed by atoms with Crippen molar-refractivity contribution in [2.24, 2.45) is 5.92 Å². The van der Waals surface area contributed by atoms with Gasteiger partial charge in [0.15, 0.2) is 0 Å². The molecule has 0 aliphatic heterocycles. The fourth-order valence-corrected chi connectivity index (χ4v) is 3.43. The lowest BCUT2D eigenvalue weighted by Crippen LogP contribution is -2.30. The number of hydrogen-bond acceptors (Lipinski definition) is 2. The lowest BCUT2D eigenvalue weighted by Gasteiger charge is -2.21. The van der Waals surface area contributed by atoms with Crippen molar-refractivity contribution in [1.29, 1.82) is 0 Å². The van der Waals surface area contributed by atoms with E-state index >= 15 is 0 Å². The van der Waals surface area contributed by atoms with Crippen LogP contribution in [-0.4, -0.2) is 20.4 Å². The first kappa shape index (κ1) is 11.8. The van der Waals surface area contributed by atoms with Gasteiger partial charge in [-0.2, -0.15) is 0 Å². The number of halogens is 2. The van der Waals surface area contributed by atoms with Gasteiger partial charge in [-0.15, -0.1) is 0 Å². The van der Waals surface area contributed by atoms with Crippen molar-refractivity contribution in [2.45, 2.75) is 37.3 Å². The van der Waals surface area contributed by atoms with Gasteiger partial charge in [-0.3, -0.25) is 0 Å². The van der Waals surface area contributed by atoms with Crippen LogP contribution in [0, 0.1) is 5.92 Å². The molecule has 1 radical (unpaired) electrons. The molecule has 0 spiro atoms. The van der Waals surface area contributed by atoms with E-state index in [1.54, 1.807) is 6.92 Å². The summed E-state index contributed by atoms with van der Waals surface area (Å²) in [5.74, 6) is 0.788. The minimum atomic E-state index is -1.25. The Kier molecular flexibility index (Phi) is 4.52. The van der Waals surface area contributed by atoms with Gasteiger partial charge in [-0.25, -0.2) is 0 Å². The van der Waals surface area contributed by atoms with E-state index in [2.05, 4.69) is 0 Å². The highest BCUT2D eigenvalue weighted by atomic mass is 35.5. The molecule has 0 aromatic rings. The van der Waals surface area contributed by atoms with Crippen molar-refractivity contribution >= 4 is 32.5 Å². The van der Waals surface area contributed by atoms with Crippen LogP contribution in [0.25, 0.3) is 0 Å². The fraction of sp³-hybridized carbons (Fsp3) is 1.00. The van der Waals surface area contributed by atoms with Crippen LogP contribution in [0.5, 0.6) is 0 Å². The van der Waals surface area contributed by atoms with Crippen LogP contribution in [0.15, 0.2) is 0 Å². The summed E-state index contributed by atoms with van der Waals surface area (Å²) in [6, 6.07) is 1.01. The molecule has 1 rings (SSSR count). The SMILES string of the molecule is CCO[Si](CC1CC1)OC(C)(Cl)Cl. The molecule has 0 saturated heterocycles. The average molecular weight is 242 g/mol. The monoisotopic (exact) mass is 241 g/mol. The summed E-state index contributed by atoms with van der Waals surface area (Å²) in [6.07, 6.45) is 2.60. The molecule has 5 heteroatoms. The van der Waals surface area contributed by atoms with Gasteiger partial charge in [0.2, 0.25) is 4.52 Å². The minimum Gasteiger partial charge on any atom is -0.394 e. The van der Waals surface area contributed by atoms with Crippen LogP contribution in [0.4, 0.5) is 0 Å². The molecule has 1 aliphatic carbocycles. The molecule has 0 aromatic heterocycles. The van der Waals surface area contributed by atoms with E-state index in [9.17, 15) is 0 Å². The van der Waals surface area contributed by atoms with E-state index in [0.717, 1.165) is 12.0 Å². The van der Waals surface area contributed by atoms with Gasteiger partial charge in [0.25, 0.3) is 0 Å². The summed E-state index contributed by atoms with van der Waals surface area (Å²) in [4.78, 5) is 0. The van der Waals surface area contributed by atoms with Gasteiger partial charge in [0.05, 0.1) is 0 Å². The van der Waals surface area contributed by atoms with Crippen LogP contribution >= 0.6 is 23.2 Å². The third-order valence-corrected chi connectivity index (χ3v) is 4.32. The highest BCUT2D eigenvalue weighted by Gasteiger charge is 2.33. The van der Waals surface area contributed by atoms with Gasteiger partial charge >= 0.3 is 9.28 Å². The molecule has 0 heterocycles. The van der Waals surface area contributed by atoms with Crippen LogP contribution in [-0.2, 0) is 8.85 Å². The summed E-state index contributed by atoms with van der Waals surface area (Å²) in [5, 5.41) is 0. The molecule has 77 valence electrons. The standard InChI is InChI=1S/C8H15Cl2O2Si/c1-3-11-13(6-7-4-5-7)12-8(2,9)10/h7H,3-6H2,1-2H3. The Labute approximate surface area is 91.3 Å². The van der Waals surface area contributed by atoms with E-state index in [1.807, 2.05) is 6.92 Å². The van der Waals surface area contributed by atoms with Crippen molar-refractivity contribution in [3.8, 4) is 0 Å². The Bertz CT molecular complexity index is 157. The summed E-state index contributed by atoms with van der Waals surface area (Å²) in [7, 11) is -1.25. The van der Waals surface area contributed by atoms with Crippen molar-refractivity contribution < 1.29 is 8.85 Å². The molecule has 0 bridgehead atoms. The molecule has 0 aromatic carbocycles. The Morgan fingerprint density at radius 1 is 1.46 bits per heavy atom. The maximum Gasteiger partial charge on any atom is 0.387 e. The van der Waals surface area contributed by atoms with Crippen molar-refractivity contribution in [2.75, 3.05) is 6.61 Å². The zero-order chi connectivity index (χ0) is 9.90. The first-order valence-electron chi connectivity index (χ1n) is 4.56. The summed E-state index contributed by atoms with van der Waals surface area (Å²) in [6.45, 7) is 4.26. The Morgan fingerprint density at radius 3 is 2.46 bits per heavy atom. The van der Waals surface area contributed by atoms with Crippen LogP contribution in [0.2, 0.25) is 6.04 Å². The summed E-state index contributed by atoms with van der Waals surface area (Å²) in [5.41, 5.74) is 0. The average Bonchev–Trinajstić information content (AvgIpc) is 2.68. The van der Waals surface area contributed by atoms with Gasteiger partial charge < -0.3 is 8.85 Å². The second-order valence-electron chi connectivity index (χ2n) is 3.36. The van der Waals surface area contributed by atoms with Crippen molar-refractivity contribution in [3.63, 3.8) is 0 Å². The lowest BCUT2D eigenvalue weighted by atomic mass is 10.5. The van der Waals surface area contributed by atoms with Gasteiger partial charge in [-0.1, -0.05) is 36.0 Å². The van der Waals surface area contributed by atoms with E-state index in [4.69, 9.17) is 32.1 Å². The maximum absolute atomic E-state index is 5.76. The Hall–Kier alpha value is 0.717. The molecular weight excluding hydrogens is 227 g/mol. The second kappa shape index (κ2) is 4.98. The number of alkyl halides is 2. The predicted molar refractivity (Wildman–Crippen MR) is 56.1 cm³/mol. The van der Waals surface area contributed by atoms with Gasteiger partial charge in [0, 0.05) is 6.61 Å². The third-order valence-electron chi connectivity index (χ3n) is 1.75. The van der Waals surface area contributed by atoms with Crippen molar-refractivity contribution in [3.05, 3.63) is 0 Å². The molecular formula is C8H15Cl2O2Si. The molecule has 13 heavy (non-hydrogen) atoms. The van der Waals surface area contributed by atoms with Gasteiger partial charge in [-0.05, 0) is 25.8 Å². The molecule has 1 aliphatic rings. The molecule has 1 saturated carbocycles. The van der Waals surface area contributed by atoms with Crippen LogP contribution < -0.4 is 0 Å². The Morgan fingerprint density at radius 2 is 2.08 bits per heavy atom. The summed E-state index contributed by atoms with van der Waals surface area (Å²) < 4.78 is 9.82. The Balaban J connectivity index is 2.27. The number of hydrogen-bond donors (Lipinski definition) is 0. The van der Waals surface area contributed by atoms with E-state index in [1.165, 1.54) is 12.8 Å². The minimum absolute atomic E-state index is 0.672. The van der Waals surface area contributed by atoms with Gasteiger partial charge in [0.1, 0.15) is 0 Å². The quantitative estimate of drug-likeness (QED) is 0.526. The predicted octanol–water partition coefficient (Wildman–Crippen LogP) is 3.09. The lowest BCUT2D eigenvalue weighted by molar-refractivity contribution is 0.172. The van der Waals surface area contributed by atoms with Crippen molar-refractivity contribution in [1.82, 2.24) is 0 Å². The van der Waals surface area contributed by atoms with E-state index in [0.29, 0.717) is 6.61 Å². The normalized spacial score (nSPS) is 18.2. The van der Waals surface area contributed by atoms with E-state index < -0.39 is 13.8 Å². The maximum atomic E-state index is 5.76. The number of rotatable bonds is 6. The molecule has 0 N–H and O–H groups in total. The highest BCUT2D eigenvalue weighted by molar-refractivity contribution is 6.52. The zero-order valence-corrected chi connectivity index (χ0v) is 10.5. The topological polar surface area (TPSA) is 18.5 Å². The first-order valence-corrected chi connectivity index (χ1v) is 6.84. The first-order chi connectivity index (χ1) is 6.01. The third kappa shape index (κ3) is 5.91. The highest BCUT2D eigenvalue weighted by Crippen LogP contribution is 2.36. The molecule has 0 atom stereocenters. The fourth-order valence-electron chi connectivity index (χ4n) is 1.05. The molecule has 0 unspecified atom stereocenters. The molecule has 1 fully saturated rings. The second-order valence-corrected chi connectivity index (χ2v) is 6.64.